The van der Waals surface area contributed by atoms with Crippen LogP contribution in [0, 0.1) is 11.3 Å². The van der Waals surface area contributed by atoms with Gasteiger partial charge in [0, 0.05) is 12.5 Å². The second-order valence-corrected chi connectivity index (χ2v) is 5.78. The third kappa shape index (κ3) is 3.50. The van der Waals surface area contributed by atoms with E-state index < -0.39 is 5.54 Å². The molecule has 0 saturated heterocycles. The fourth-order valence-electron chi connectivity index (χ4n) is 2.78. The van der Waals surface area contributed by atoms with Crippen LogP contribution in [0.4, 0.5) is 0 Å². The van der Waals surface area contributed by atoms with E-state index in [4.69, 9.17) is 9.84 Å². The van der Waals surface area contributed by atoms with Crippen LogP contribution in [0.5, 0.6) is 5.75 Å². The first kappa shape index (κ1) is 14.8. The Labute approximate surface area is 120 Å². The SMILES string of the molecule is CC(C)NC1(C#N)CCC(Oc2ccc(CO)cc2)C1. The number of benzene rings is 1. The summed E-state index contributed by atoms with van der Waals surface area (Å²) >= 11 is 0. The molecule has 1 aromatic rings. The van der Waals surface area contributed by atoms with Crippen LogP contribution in [0.3, 0.4) is 0 Å². The first-order chi connectivity index (χ1) is 9.57. The number of nitriles is 1. The predicted octanol–water partition coefficient (Wildman–Crippen LogP) is 2.37. The second-order valence-electron chi connectivity index (χ2n) is 5.78. The fourth-order valence-corrected chi connectivity index (χ4v) is 2.78. The highest BCUT2D eigenvalue weighted by Crippen LogP contribution is 2.32. The molecule has 1 aliphatic rings. The summed E-state index contributed by atoms with van der Waals surface area (Å²) in [5.74, 6) is 0.797. The Kier molecular flexibility index (Phi) is 4.64. The summed E-state index contributed by atoms with van der Waals surface area (Å²) in [4.78, 5) is 0. The van der Waals surface area contributed by atoms with Crippen LogP contribution < -0.4 is 10.1 Å². The van der Waals surface area contributed by atoms with Gasteiger partial charge in [0.2, 0.25) is 0 Å². The minimum atomic E-state index is -0.454. The van der Waals surface area contributed by atoms with Gasteiger partial charge in [-0.25, -0.2) is 0 Å². The topological polar surface area (TPSA) is 65.3 Å². The molecule has 0 aromatic heterocycles. The zero-order valence-electron chi connectivity index (χ0n) is 12.1. The Balaban J connectivity index is 1.97. The normalized spacial score (nSPS) is 25.6. The van der Waals surface area contributed by atoms with Crippen LogP contribution in [0.25, 0.3) is 0 Å². The Morgan fingerprint density at radius 3 is 2.70 bits per heavy atom. The summed E-state index contributed by atoms with van der Waals surface area (Å²) in [7, 11) is 0. The van der Waals surface area contributed by atoms with Gasteiger partial charge in [-0.05, 0) is 44.4 Å². The molecule has 0 bridgehead atoms. The lowest BCUT2D eigenvalue weighted by Gasteiger charge is -2.25. The molecule has 1 aromatic carbocycles. The van der Waals surface area contributed by atoms with E-state index in [1.54, 1.807) is 0 Å². The molecule has 1 saturated carbocycles. The van der Waals surface area contributed by atoms with Gasteiger partial charge in [-0.1, -0.05) is 12.1 Å². The van der Waals surface area contributed by atoms with Crippen molar-refractivity contribution in [1.82, 2.24) is 5.32 Å². The van der Waals surface area contributed by atoms with Crippen molar-refractivity contribution >= 4 is 0 Å². The van der Waals surface area contributed by atoms with Crippen LogP contribution in [0.15, 0.2) is 24.3 Å². The molecule has 4 heteroatoms. The van der Waals surface area contributed by atoms with Gasteiger partial charge < -0.3 is 9.84 Å². The highest BCUT2D eigenvalue weighted by atomic mass is 16.5. The molecule has 0 aliphatic heterocycles. The summed E-state index contributed by atoms with van der Waals surface area (Å²) in [5.41, 5.74) is 0.417. The molecule has 0 spiro atoms. The van der Waals surface area contributed by atoms with Crippen molar-refractivity contribution < 1.29 is 9.84 Å². The van der Waals surface area contributed by atoms with Crippen LogP contribution in [-0.2, 0) is 6.61 Å². The minimum absolute atomic E-state index is 0.0412. The number of nitrogens with zero attached hydrogens (tertiary/aromatic N) is 1. The van der Waals surface area contributed by atoms with Crippen LogP contribution in [0.2, 0.25) is 0 Å². The van der Waals surface area contributed by atoms with Gasteiger partial charge in [0.05, 0.1) is 12.7 Å². The van der Waals surface area contributed by atoms with Gasteiger partial charge in [-0.3, -0.25) is 5.32 Å². The van der Waals surface area contributed by atoms with Crippen molar-refractivity contribution in [2.75, 3.05) is 0 Å². The van der Waals surface area contributed by atoms with Gasteiger partial charge in [-0.15, -0.1) is 0 Å². The van der Waals surface area contributed by atoms with Gasteiger partial charge in [0.25, 0.3) is 0 Å². The average Bonchev–Trinajstić information content (AvgIpc) is 2.82. The Morgan fingerprint density at radius 2 is 2.15 bits per heavy atom. The Morgan fingerprint density at radius 1 is 1.45 bits per heavy atom. The molecule has 108 valence electrons. The zero-order valence-corrected chi connectivity index (χ0v) is 12.1. The summed E-state index contributed by atoms with van der Waals surface area (Å²) in [6.07, 6.45) is 2.49. The first-order valence-electron chi connectivity index (χ1n) is 7.12. The maximum absolute atomic E-state index is 9.42. The molecule has 1 fully saturated rings. The van der Waals surface area contributed by atoms with E-state index in [9.17, 15) is 5.26 Å². The quantitative estimate of drug-likeness (QED) is 0.865. The molecular formula is C16H22N2O2. The van der Waals surface area contributed by atoms with Crippen molar-refractivity contribution in [2.45, 2.75) is 57.4 Å². The monoisotopic (exact) mass is 274 g/mol. The Bertz CT molecular complexity index is 478. The van der Waals surface area contributed by atoms with E-state index in [-0.39, 0.29) is 18.8 Å². The highest BCUT2D eigenvalue weighted by molar-refractivity contribution is 5.27. The lowest BCUT2D eigenvalue weighted by atomic mass is 9.98. The van der Waals surface area contributed by atoms with Gasteiger partial charge in [-0.2, -0.15) is 5.26 Å². The maximum atomic E-state index is 9.42. The minimum Gasteiger partial charge on any atom is -0.490 e. The highest BCUT2D eigenvalue weighted by Gasteiger charge is 2.40. The number of nitrogens with one attached hydrogen (secondary N) is 1. The fraction of sp³-hybridized carbons (Fsp3) is 0.562. The standard InChI is InChI=1S/C16H22N2O2/c1-12(2)18-16(11-17)8-7-15(9-16)20-14-5-3-13(10-19)4-6-14/h3-6,12,15,18-19H,7-10H2,1-2H3. The summed E-state index contributed by atoms with van der Waals surface area (Å²) in [6, 6.07) is 10.2. The lowest BCUT2D eigenvalue weighted by Crippen LogP contribution is -2.46. The molecule has 2 N–H and O–H groups in total. The van der Waals surface area contributed by atoms with Gasteiger partial charge >= 0.3 is 0 Å². The van der Waals surface area contributed by atoms with Gasteiger partial charge in [0.1, 0.15) is 17.4 Å². The third-order valence-electron chi connectivity index (χ3n) is 3.66. The van der Waals surface area contributed by atoms with Crippen molar-refractivity contribution in [3.8, 4) is 11.8 Å². The first-order valence-corrected chi connectivity index (χ1v) is 7.12. The molecule has 2 atom stereocenters. The lowest BCUT2D eigenvalue weighted by molar-refractivity contribution is 0.199. The van der Waals surface area contributed by atoms with Crippen molar-refractivity contribution in [2.24, 2.45) is 0 Å². The molecular weight excluding hydrogens is 252 g/mol. The average molecular weight is 274 g/mol. The summed E-state index contributed by atoms with van der Waals surface area (Å²) in [6.45, 7) is 4.15. The van der Waals surface area contributed by atoms with Crippen LogP contribution >= 0.6 is 0 Å². The van der Waals surface area contributed by atoms with E-state index in [1.165, 1.54) is 0 Å². The maximum Gasteiger partial charge on any atom is 0.119 e. The van der Waals surface area contributed by atoms with E-state index in [0.717, 1.165) is 24.2 Å². The molecule has 1 aliphatic carbocycles. The molecule has 0 radical (unpaired) electrons. The number of rotatable bonds is 5. The third-order valence-corrected chi connectivity index (χ3v) is 3.66. The predicted molar refractivity (Wildman–Crippen MR) is 77.2 cm³/mol. The molecule has 4 nitrogen and oxygen atoms in total. The molecule has 2 unspecified atom stereocenters. The van der Waals surface area contributed by atoms with E-state index in [1.807, 2.05) is 24.3 Å². The number of aliphatic hydroxyl groups excluding tert-OH is 1. The van der Waals surface area contributed by atoms with Crippen molar-refractivity contribution in [3.05, 3.63) is 29.8 Å². The van der Waals surface area contributed by atoms with Crippen molar-refractivity contribution in [3.63, 3.8) is 0 Å². The number of aliphatic hydroxyl groups is 1. The zero-order chi connectivity index (χ0) is 14.6. The summed E-state index contributed by atoms with van der Waals surface area (Å²) < 4.78 is 5.94. The number of hydrogen-bond acceptors (Lipinski definition) is 4. The van der Waals surface area contributed by atoms with E-state index in [0.29, 0.717) is 6.42 Å². The van der Waals surface area contributed by atoms with Crippen molar-refractivity contribution in [1.29, 1.82) is 5.26 Å². The second kappa shape index (κ2) is 6.25. The van der Waals surface area contributed by atoms with Crippen LogP contribution in [0.1, 0.15) is 38.7 Å². The molecule has 0 amide bonds. The molecule has 0 heterocycles. The number of ether oxygens (including phenoxy) is 1. The smallest absolute Gasteiger partial charge is 0.119 e. The number of hydrogen-bond donors (Lipinski definition) is 2. The van der Waals surface area contributed by atoms with Gasteiger partial charge in [0.15, 0.2) is 0 Å². The summed E-state index contributed by atoms with van der Waals surface area (Å²) in [5, 5.41) is 21.8. The van der Waals surface area contributed by atoms with E-state index in [2.05, 4.69) is 25.2 Å². The largest absolute Gasteiger partial charge is 0.490 e. The Hall–Kier alpha value is -1.57. The van der Waals surface area contributed by atoms with E-state index >= 15 is 0 Å². The van der Waals surface area contributed by atoms with Crippen LogP contribution in [-0.4, -0.2) is 22.8 Å². The molecule has 20 heavy (non-hydrogen) atoms. The molecule has 2 rings (SSSR count).